The van der Waals surface area contributed by atoms with E-state index in [1.165, 1.54) is 0 Å². The second kappa shape index (κ2) is 6.93. The Labute approximate surface area is 119 Å². The zero-order chi connectivity index (χ0) is 15.3. The van der Waals surface area contributed by atoms with Crippen LogP contribution in [0, 0.1) is 5.92 Å². The van der Waals surface area contributed by atoms with Gasteiger partial charge in [-0.15, -0.1) is 0 Å². The number of hydrogen-bond acceptors (Lipinski definition) is 2. The minimum atomic E-state index is -0.951. The van der Waals surface area contributed by atoms with E-state index in [-0.39, 0.29) is 17.6 Å². The van der Waals surface area contributed by atoms with Crippen molar-refractivity contribution in [3.63, 3.8) is 0 Å². The lowest BCUT2D eigenvalue weighted by Crippen LogP contribution is -2.43. The van der Waals surface area contributed by atoms with Gasteiger partial charge in [-0.05, 0) is 30.5 Å². The number of carbonyl (C=O) groups excluding carboxylic acids is 1. The fourth-order valence-corrected chi connectivity index (χ4v) is 1.57. The summed E-state index contributed by atoms with van der Waals surface area (Å²) in [4.78, 5) is 24.3. The van der Waals surface area contributed by atoms with Gasteiger partial charge in [0.1, 0.15) is 0 Å². The van der Waals surface area contributed by atoms with E-state index in [1.807, 2.05) is 6.92 Å². The summed E-state index contributed by atoms with van der Waals surface area (Å²) in [6.07, 6.45) is 0. The van der Waals surface area contributed by atoms with Crippen molar-refractivity contribution in [2.75, 3.05) is 7.05 Å². The van der Waals surface area contributed by atoms with Crippen molar-refractivity contribution in [2.45, 2.75) is 33.4 Å². The third-order valence-electron chi connectivity index (χ3n) is 3.32. The summed E-state index contributed by atoms with van der Waals surface area (Å²) in [6, 6.07) is 6.51. The van der Waals surface area contributed by atoms with Crippen molar-refractivity contribution in [2.24, 2.45) is 5.92 Å². The Morgan fingerprint density at radius 1 is 1.20 bits per heavy atom. The fraction of sp³-hybridized carbons (Fsp3) is 0.467. The number of aromatic carboxylic acids is 1. The molecule has 0 fully saturated rings. The number of rotatable bonds is 5. The zero-order valence-corrected chi connectivity index (χ0v) is 12.4. The Morgan fingerprint density at radius 2 is 1.75 bits per heavy atom. The van der Waals surface area contributed by atoms with Crippen molar-refractivity contribution in [1.82, 2.24) is 10.2 Å². The molecule has 1 rings (SSSR count). The molecule has 1 aromatic rings. The van der Waals surface area contributed by atoms with Gasteiger partial charge in [-0.2, -0.15) is 0 Å². The lowest BCUT2D eigenvalue weighted by molar-refractivity contribution is 0.0697. The molecule has 0 aliphatic rings. The first-order valence-corrected chi connectivity index (χ1v) is 6.65. The molecule has 1 unspecified atom stereocenters. The van der Waals surface area contributed by atoms with E-state index in [9.17, 15) is 9.59 Å². The molecule has 110 valence electrons. The molecular formula is C15H22N2O3. The molecule has 0 aliphatic heterocycles. The standard InChI is InChI=1S/C15H22N2O3/c1-10(2)11(3)16-15(20)17(4)9-12-5-7-13(8-6-12)14(18)19/h5-8,10-11H,9H2,1-4H3,(H,16,20)(H,18,19). The number of amides is 2. The van der Waals surface area contributed by atoms with Crippen LogP contribution in [0.5, 0.6) is 0 Å². The van der Waals surface area contributed by atoms with Gasteiger partial charge in [0.05, 0.1) is 5.56 Å². The predicted octanol–water partition coefficient (Wildman–Crippen LogP) is 2.57. The molecule has 2 N–H and O–H groups in total. The average Bonchev–Trinajstić information content (AvgIpc) is 2.38. The maximum atomic E-state index is 12.0. The van der Waals surface area contributed by atoms with E-state index in [1.54, 1.807) is 36.2 Å². The van der Waals surface area contributed by atoms with Gasteiger partial charge in [0.15, 0.2) is 0 Å². The summed E-state index contributed by atoms with van der Waals surface area (Å²) < 4.78 is 0. The summed E-state index contributed by atoms with van der Waals surface area (Å²) in [6.45, 7) is 6.51. The lowest BCUT2D eigenvalue weighted by Gasteiger charge is -2.23. The van der Waals surface area contributed by atoms with Gasteiger partial charge < -0.3 is 15.3 Å². The monoisotopic (exact) mass is 278 g/mol. The summed E-state index contributed by atoms with van der Waals surface area (Å²) in [5.41, 5.74) is 1.14. The summed E-state index contributed by atoms with van der Waals surface area (Å²) >= 11 is 0. The van der Waals surface area contributed by atoms with Gasteiger partial charge in [-0.25, -0.2) is 9.59 Å². The maximum Gasteiger partial charge on any atom is 0.335 e. The third kappa shape index (κ3) is 4.57. The largest absolute Gasteiger partial charge is 0.478 e. The normalized spacial score (nSPS) is 12.1. The van der Waals surface area contributed by atoms with Crippen LogP contribution in [0.1, 0.15) is 36.7 Å². The van der Waals surface area contributed by atoms with Gasteiger partial charge in [-0.1, -0.05) is 26.0 Å². The van der Waals surface area contributed by atoms with Crippen LogP contribution in [-0.4, -0.2) is 35.1 Å². The second-order valence-electron chi connectivity index (χ2n) is 5.34. The molecular weight excluding hydrogens is 256 g/mol. The molecule has 0 bridgehead atoms. The van der Waals surface area contributed by atoms with Crippen LogP contribution < -0.4 is 5.32 Å². The minimum Gasteiger partial charge on any atom is -0.478 e. The highest BCUT2D eigenvalue weighted by molar-refractivity contribution is 5.87. The van der Waals surface area contributed by atoms with Crippen LogP contribution in [0.4, 0.5) is 4.79 Å². The van der Waals surface area contributed by atoms with Crippen molar-refractivity contribution in [1.29, 1.82) is 0 Å². The molecule has 1 atom stereocenters. The van der Waals surface area contributed by atoms with E-state index in [4.69, 9.17) is 5.11 Å². The molecule has 1 aromatic carbocycles. The van der Waals surface area contributed by atoms with Gasteiger partial charge in [0, 0.05) is 19.6 Å². The van der Waals surface area contributed by atoms with Crippen LogP contribution in [0.15, 0.2) is 24.3 Å². The zero-order valence-electron chi connectivity index (χ0n) is 12.4. The Bertz CT molecular complexity index is 469. The molecule has 5 heteroatoms. The van der Waals surface area contributed by atoms with Crippen molar-refractivity contribution >= 4 is 12.0 Å². The maximum absolute atomic E-state index is 12.0. The number of urea groups is 1. The van der Waals surface area contributed by atoms with Crippen LogP contribution in [-0.2, 0) is 6.54 Å². The summed E-state index contributed by atoms with van der Waals surface area (Å²) in [5, 5.41) is 11.7. The number of nitrogens with zero attached hydrogens (tertiary/aromatic N) is 1. The highest BCUT2D eigenvalue weighted by atomic mass is 16.4. The predicted molar refractivity (Wildman–Crippen MR) is 77.7 cm³/mol. The smallest absolute Gasteiger partial charge is 0.335 e. The van der Waals surface area contributed by atoms with Crippen molar-refractivity contribution in [3.8, 4) is 0 Å². The molecule has 0 radical (unpaired) electrons. The van der Waals surface area contributed by atoms with Gasteiger partial charge in [-0.3, -0.25) is 0 Å². The molecule has 5 nitrogen and oxygen atoms in total. The Morgan fingerprint density at radius 3 is 2.20 bits per heavy atom. The first kappa shape index (κ1) is 16.0. The van der Waals surface area contributed by atoms with Crippen LogP contribution >= 0.6 is 0 Å². The van der Waals surface area contributed by atoms with Gasteiger partial charge in [0.25, 0.3) is 0 Å². The van der Waals surface area contributed by atoms with Crippen LogP contribution in [0.25, 0.3) is 0 Å². The number of carbonyl (C=O) groups is 2. The number of nitrogens with one attached hydrogen (secondary N) is 1. The van der Waals surface area contributed by atoms with E-state index < -0.39 is 5.97 Å². The number of carboxylic acids is 1. The van der Waals surface area contributed by atoms with E-state index in [0.29, 0.717) is 12.5 Å². The molecule has 0 aliphatic carbocycles. The molecule has 2 amide bonds. The molecule has 0 saturated carbocycles. The average molecular weight is 278 g/mol. The van der Waals surface area contributed by atoms with Crippen molar-refractivity contribution in [3.05, 3.63) is 35.4 Å². The van der Waals surface area contributed by atoms with Gasteiger partial charge >= 0.3 is 12.0 Å². The first-order valence-electron chi connectivity index (χ1n) is 6.65. The Balaban J connectivity index is 2.59. The Kier molecular flexibility index (Phi) is 5.55. The van der Waals surface area contributed by atoms with Crippen LogP contribution in [0.3, 0.4) is 0 Å². The minimum absolute atomic E-state index is 0.110. The third-order valence-corrected chi connectivity index (χ3v) is 3.32. The number of benzene rings is 1. The van der Waals surface area contributed by atoms with Crippen LogP contribution in [0.2, 0.25) is 0 Å². The highest BCUT2D eigenvalue weighted by Gasteiger charge is 2.14. The first-order chi connectivity index (χ1) is 9.31. The van der Waals surface area contributed by atoms with E-state index in [0.717, 1.165) is 5.56 Å². The molecule has 0 heterocycles. The Hall–Kier alpha value is -2.04. The molecule has 0 aromatic heterocycles. The van der Waals surface area contributed by atoms with E-state index in [2.05, 4.69) is 19.2 Å². The van der Waals surface area contributed by atoms with Gasteiger partial charge in [0.2, 0.25) is 0 Å². The van der Waals surface area contributed by atoms with E-state index >= 15 is 0 Å². The highest BCUT2D eigenvalue weighted by Crippen LogP contribution is 2.08. The quantitative estimate of drug-likeness (QED) is 0.869. The summed E-state index contributed by atoms with van der Waals surface area (Å²) in [5.74, 6) is -0.574. The number of hydrogen-bond donors (Lipinski definition) is 2. The summed E-state index contributed by atoms with van der Waals surface area (Å²) in [7, 11) is 1.72. The SMILES string of the molecule is CC(C)C(C)NC(=O)N(C)Cc1ccc(C(=O)O)cc1. The van der Waals surface area contributed by atoms with Crippen molar-refractivity contribution < 1.29 is 14.7 Å². The lowest BCUT2D eigenvalue weighted by atomic mass is 10.1. The molecule has 0 saturated heterocycles. The molecule has 0 spiro atoms. The topological polar surface area (TPSA) is 69.6 Å². The number of carboxylic acid groups (broad SMARTS) is 1. The second-order valence-corrected chi connectivity index (χ2v) is 5.34. The fourth-order valence-electron chi connectivity index (χ4n) is 1.57. The molecule has 20 heavy (non-hydrogen) atoms.